The first-order chi connectivity index (χ1) is 1.41. The van der Waals surface area contributed by atoms with Gasteiger partial charge < -0.3 is 0 Å². The summed E-state index contributed by atoms with van der Waals surface area (Å²) in [6.07, 6.45) is 0. The van der Waals surface area contributed by atoms with Gasteiger partial charge in [0.1, 0.15) is 0 Å². The average molecular weight is 188 g/mol. The topological polar surface area (TPSA) is 17.1 Å². The quantitative estimate of drug-likeness (QED) is 0.472. The van der Waals surface area contributed by atoms with Crippen molar-refractivity contribution in [3.05, 3.63) is 0 Å². The zero-order valence-electron chi connectivity index (χ0n) is 1.60. The van der Waals surface area contributed by atoms with Gasteiger partial charge in [0.05, 0.1) is 0 Å². The smallest absolute Gasteiger partial charge is 0 e. The molecule has 0 aromatic rings. The van der Waals surface area contributed by atoms with Crippen molar-refractivity contribution in [1.29, 1.82) is 0 Å². The first-order valence-corrected chi connectivity index (χ1v) is 0.891. The standard InChI is InChI=1S/CO.Co.Ru/c1-2;;. The van der Waals surface area contributed by atoms with Crippen LogP contribution in [0.1, 0.15) is 0 Å². The number of hydrogen-bond acceptors (Lipinski definition) is 1. The predicted octanol–water partition coefficient (Wildman–Crippen LogP) is -0.402. The minimum absolute atomic E-state index is 0. The zero-order chi connectivity index (χ0) is 2.71. The van der Waals surface area contributed by atoms with Gasteiger partial charge in [-0.1, -0.05) is 0 Å². The fraction of sp³-hybridized carbons (Fsp3) is 0. The van der Waals surface area contributed by atoms with Gasteiger partial charge in [0.2, 0.25) is 0 Å². The van der Waals surface area contributed by atoms with Gasteiger partial charge in [-0.05, 0) is 0 Å². The molecule has 0 spiro atoms. The van der Waals surface area contributed by atoms with Crippen LogP contribution in [-0.2, 0) is 39.6 Å². The van der Waals surface area contributed by atoms with Crippen LogP contribution < -0.4 is 0 Å². The number of carbonyl (C=O) groups excluding carboxylic acids is 1. The molecule has 3 heteroatoms. The minimum atomic E-state index is 0. The second-order valence-electron chi connectivity index (χ2n) is 0.0680. The maximum Gasteiger partial charge on any atom is 0 e. The van der Waals surface area contributed by atoms with Gasteiger partial charge in [-0.25, -0.2) is 0 Å². The fourth-order valence-corrected chi connectivity index (χ4v) is 0. The molecule has 0 radical (unpaired) electrons. The monoisotopic (exact) mass is 189 g/mol. The summed E-state index contributed by atoms with van der Waals surface area (Å²) in [7, 11) is 0. The van der Waals surface area contributed by atoms with E-state index in [1.54, 1.807) is 0 Å². The normalized spacial score (nSPS) is 2.25. The van der Waals surface area contributed by atoms with Crippen molar-refractivity contribution >= 4 is 4.82 Å². The third kappa shape index (κ3) is 15.7. The first-order valence-electron chi connectivity index (χ1n) is 0.371. The van der Waals surface area contributed by atoms with Crippen molar-refractivity contribution in [3.63, 3.8) is 0 Å². The van der Waals surface area contributed by atoms with Crippen LogP contribution in [0, 0.1) is 0 Å². The molecule has 0 fully saturated rings. The van der Waals surface area contributed by atoms with Gasteiger partial charge in [0.15, 0.2) is 0 Å². The summed E-state index contributed by atoms with van der Waals surface area (Å²) in [5.41, 5.74) is 0. The molecule has 4 heavy (non-hydrogen) atoms. The van der Waals surface area contributed by atoms with E-state index in [0.29, 0.717) is 0 Å². The fourth-order valence-electron chi connectivity index (χ4n) is 0. The molecule has 0 aliphatic rings. The summed E-state index contributed by atoms with van der Waals surface area (Å²) < 4.78 is 0. The molecule has 0 aromatic heterocycles. The first kappa shape index (κ1) is 8.83. The summed E-state index contributed by atoms with van der Waals surface area (Å²) in [6.45, 7) is 0. The van der Waals surface area contributed by atoms with Gasteiger partial charge in [-0.2, -0.15) is 0 Å². The van der Waals surface area contributed by atoms with Crippen molar-refractivity contribution in [2.75, 3.05) is 0 Å². The molecule has 0 N–H and O–H groups in total. The molecule has 0 rings (SSSR count). The Hall–Kier alpha value is 0.710. The summed E-state index contributed by atoms with van der Waals surface area (Å²) >= 11 is 3.02. The molecule has 0 saturated heterocycles. The van der Waals surface area contributed by atoms with Crippen LogP contribution in [0.15, 0.2) is 0 Å². The van der Waals surface area contributed by atoms with E-state index >= 15 is 0 Å². The molecule has 0 unspecified atom stereocenters. The van der Waals surface area contributed by atoms with Crippen LogP contribution in [0.5, 0.6) is 0 Å². The Bertz CT molecular complexity index is 29.0. The maximum atomic E-state index is 8.54. The van der Waals surface area contributed by atoms with E-state index in [1.165, 1.54) is 4.82 Å². The van der Waals surface area contributed by atoms with Crippen molar-refractivity contribution in [2.45, 2.75) is 0 Å². The Morgan fingerprint density at radius 2 is 1.75 bits per heavy atom. The zero-order valence-corrected chi connectivity index (χ0v) is 4.37. The number of hydrogen-bond donors (Lipinski definition) is 0. The Morgan fingerprint density at radius 1 is 1.75 bits per heavy atom. The van der Waals surface area contributed by atoms with E-state index in [0.717, 1.165) is 0 Å². The van der Waals surface area contributed by atoms with E-state index < -0.39 is 0 Å². The SMILES string of the molecule is O=[C]=[Co].[Ru]. The van der Waals surface area contributed by atoms with Gasteiger partial charge >= 0.3 is 24.9 Å². The molecule has 0 aliphatic carbocycles. The molecule has 0 aromatic carbocycles. The van der Waals surface area contributed by atoms with Crippen LogP contribution in [0.3, 0.4) is 0 Å². The van der Waals surface area contributed by atoms with E-state index in [4.69, 9.17) is 4.79 Å². The molecule has 0 amide bonds. The molecule has 0 atom stereocenters. The van der Waals surface area contributed by atoms with Crippen LogP contribution in [0.25, 0.3) is 0 Å². The number of rotatable bonds is 0. The van der Waals surface area contributed by atoms with E-state index in [2.05, 4.69) is 15.3 Å². The molecule has 0 bridgehead atoms. The predicted molar refractivity (Wildman–Crippen MR) is 5.69 cm³/mol. The van der Waals surface area contributed by atoms with Crippen molar-refractivity contribution in [2.24, 2.45) is 0 Å². The van der Waals surface area contributed by atoms with Crippen molar-refractivity contribution < 1.29 is 39.6 Å². The van der Waals surface area contributed by atoms with Crippen molar-refractivity contribution in [3.8, 4) is 0 Å². The minimum Gasteiger partial charge on any atom is 0 e. The Balaban J connectivity index is 0. The van der Waals surface area contributed by atoms with Crippen molar-refractivity contribution in [1.82, 2.24) is 0 Å². The van der Waals surface area contributed by atoms with Gasteiger partial charge in [-0.15, -0.1) is 0 Å². The molecule has 0 saturated carbocycles. The van der Waals surface area contributed by atoms with E-state index in [-0.39, 0.29) is 19.5 Å². The Morgan fingerprint density at radius 3 is 1.75 bits per heavy atom. The van der Waals surface area contributed by atoms with E-state index in [9.17, 15) is 0 Å². The molecule has 1 nitrogen and oxygen atoms in total. The van der Waals surface area contributed by atoms with Crippen LogP contribution in [-0.4, -0.2) is 4.82 Å². The van der Waals surface area contributed by atoms with Crippen LogP contribution >= 0.6 is 0 Å². The Labute approximate surface area is 44.7 Å². The molecular formula is CCoORu. The summed E-state index contributed by atoms with van der Waals surface area (Å²) in [5, 5.41) is 0. The second kappa shape index (κ2) is 9.32. The molecule has 27 valence electrons. The largest absolute Gasteiger partial charge is 0 e. The third-order valence-electron chi connectivity index (χ3n) is 0. The third-order valence-corrected chi connectivity index (χ3v) is 0. The summed E-state index contributed by atoms with van der Waals surface area (Å²) in [5.74, 6) is 0. The molecule has 0 aliphatic heterocycles. The van der Waals surface area contributed by atoms with Gasteiger partial charge in [0.25, 0.3) is 0 Å². The second-order valence-corrected chi connectivity index (χ2v) is 0.281. The van der Waals surface area contributed by atoms with Gasteiger partial charge in [0, 0.05) is 19.5 Å². The summed E-state index contributed by atoms with van der Waals surface area (Å²) in [6, 6.07) is 0. The summed E-state index contributed by atoms with van der Waals surface area (Å²) in [4.78, 5) is 9.73. The van der Waals surface area contributed by atoms with Gasteiger partial charge in [-0.3, -0.25) is 0 Å². The Kier molecular flexibility index (Phi) is 20.6. The molecule has 0 heterocycles. The maximum absolute atomic E-state index is 8.54. The average Bonchev–Trinajstić information content (AvgIpc) is 0.918. The van der Waals surface area contributed by atoms with E-state index in [1.807, 2.05) is 0 Å². The van der Waals surface area contributed by atoms with Crippen LogP contribution in [0.4, 0.5) is 0 Å². The molecular weight excluding hydrogens is 188 g/mol. The van der Waals surface area contributed by atoms with Crippen LogP contribution in [0.2, 0.25) is 0 Å².